The topological polar surface area (TPSA) is 75.8 Å². The Morgan fingerprint density at radius 3 is 2.90 bits per heavy atom. The molecule has 21 heavy (non-hydrogen) atoms. The summed E-state index contributed by atoms with van der Waals surface area (Å²) >= 11 is 1.22. The number of aliphatic hydroxyl groups excluding tert-OH is 1. The summed E-state index contributed by atoms with van der Waals surface area (Å²) in [6, 6.07) is 4.26. The van der Waals surface area contributed by atoms with Crippen molar-refractivity contribution in [1.29, 1.82) is 0 Å². The molecule has 0 radical (unpaired) electrons. The number of carbonyl (C=O) groups is 1. The van der Waals surface area contributed by atoms with Gasteiger partial charge in [-0.3, -0.25) is 4.79 Å². The van der Waals surface area contributed by atoms with Crippen molar-refractivity contribution in [2.24, 2.45) is 0 Å². The molecule has 7 heteroatoms. The molecule has 0 aliphatic heterocycles. The number of thiophene rings is 1. The third-order valence-electron chi connectivity index (χ3n) is 3.11. The molecule has 2 aromatic rings. The van der Waals surface area contributed by atoms with Gasteiger partial charge in [0, 0.05) is 30.3 Å². The van der Waals surface area contributed by atoms with Gasteiger partial charge in [-0.05, 0) is 18.2 Å². The van der Waals surface area contributed by atoms with Gasteiger partial charge < -0.3 is 20.5 Å². The van der Waals surface area contributed by atoms with E-state index in [1.54, 1.807) is 6.07 Å². The number of rotatable bonds is 6. The number of anilines is 1. The van der Waals surface area contributed by atoms with Gasteiger partial charge in [-0.15, -0.1) is 11.3 Å². The van der Waals surface area contributed by atoms with Crippen molar-refractivity contribution >= 4 is 33.0 Å². The van der Waals surface area contributed by atoms with Crippen molar-refractivity contribution in [2.45, 2.75) is 0 Å². The van der Waals surface area contributed by atoms with Crippen molar-refractivity contribution < 1.29 is 19.0 Å². The first-order chi connectivity index (χ1) is 10.1. The Balaban J connectivity index is 2.34. The van der Waals surface area contributed by atoms with Gasteiger partial charge in [-0.1, -0.05) is 0 Å². The number of halogens is 1. The minimum absolute atomic E-state index is 0.144. The summed E-state index contributed by atoms with van der Waals surface area (Å²) in [6.07, 6.45) is 0. The van der Waals surface area contributed by atoms with Crippen LogP contribution in [0, 0.1) is 5.82 Å². The highest BCUT2D eigenvalue weighted by molar-refractivity contribution is 7.21. The summed E-state index contributed by atoms with van der Waals surface area (Å²) in [6.45, 7) is 0.780. The van der Waals surface area contributed by atoms with E-state index in [9.17, 15) is 9.18 Å². The summed E-state index contributed by atoms with van der Waals surface area (Å²) in [5, 5.41) is 9.61. The summed E-state index contributed by atoms with van der Waals surface area (Å²) in [7, 11) is 1.54. The highest BCUT2D eigenvalue weighted by Crippen LogP contribution is 2.34. The lowest BCUT2D eigenvalue weighted by Gasteiger charge is -2.20. The summed E-state index contributed by atoms with van der Waals surface area (Å²) < 4.78 is 19.0. The molecular formula is C14H17FN2O3S. The van der Waals surface area contributed by atoms with E-state index in [0.29, 0.717) is 23.4 Å². The molecule has 0 spiro atoms. The quantitative estimate of drug-likeness (QED) is 0.851. The third-order valence-corrected chi connectivity index (χ3v) is 4.28. The fourth-order valence-electron chi connectivity index (χ4n) is 2.03. The molecule has 1 amide bonds. The maximum atomic E-state index is 13.3. The van der Waals surface area contributed by atoms with Crippen LogP contribution in [-0.2, 0) is 4.74 Å². The van der Waals surface area contributed by atoms with E-state index in [4.69, 9.17) is 15.6 Å². The van der Waals surface area contributed by atoms with Crippen LogP contribution in [0.15, 0.2) is 18.2 Å². The number of fused-ring (bicyclic) bond motifs is 1. The van der Waals surface area contributed by atoms with Gasteiger partial charge in [0.1, 0.15) is 10.7 Å². The molecular weight excluding hydrogens is 295 g/mol. The first-order valence-electron chi connectivity index (χ1n) is 6.45. The Morgan fingerprint density at radius 1 is 1.48 bits per heavy atom. The van der Waals surface area contributed by atoms with Crippen LogP contribution in [0.4, 0.5) is 10.1 Å². The van der Waals surface area contributed by atoms with E-state index in [0.717, 1.165) is 4.70 Å². The Labute approximate surface area is 125 Å². The molecule has 1 heterocycles. The fraction of sp³-hybridized carbons (Fsp3) is 0.357. The van der Waals surface area contributed by atoms with E-state index < -0.39 is 5.82 Å². The fourth-order valence-corrected chi connectivity index (χ4v) is 3.10. The number of hydrogen-bond donors (Lipinski definition) is 2. The first kappa shape index (κ1) is 15.7. The molecule has 0 atom stereocenters. The molecule has 0 saturated carbocycles. The molecule has 0 aliphatic rings. The van der Waals surface area contributed by atoms with Crippen molar-refractivity contribution in [3.8, 4) is 0 Å². The van der Waals surface area contributed by atoms with Gasteiger partial charge >= 0.3 is 0 Å². The smallest absolute Gasteiger partial charge is 0.266 e. The molecule has 1 aromatic carbocycles. The summed E-state index contributed by atoms with van der Waals surface area (Å²) in [4.78, 5) is 14.3. The summed E-state index contributed by atoms with van der Waals surface area (Å²) in [5.41, 5.74) is 6.25. The minimum Gasteiger partial charge on any atom is -0.397 e. The highest BCUT2D eigenvalue weighted by Gasteiger charge is 2.21. The van der Waals surface area contributed by atoms with Gasteiger partial charge in [0.2, 0.25) is 0 Å². The van der Waals surface area contributed by atoms with Gasteiger partial charge in [0.15, 0.2) is 0 Å². The van der Waals surface area contributed by atoms with Crippen molar-refractivity contribution in [2.75, 3.05) is 39.1 Å². The molecule has 0 fully saturated rings. The molecule has 0 saturated heterocycles. The second kappa shape index (κ2) is 6.84. The molecule has 1 aromatic heterocycles. The molecule has 2 rings (SSSR count). The number of amides is 1. The second-order valence-electron chi connectivity index (χ2n) is 4.49. The molecule has 114 valence electrons. The normalized spacial score (nSPS) is 11.0. The van der Waals surface area contributed by atoms with Gasteiger partial charge in [0.25, 0.3) is 5.91 Å². The maximum absolute atomic E-state index is 13.3. The van der Waals surface area contributed by atoms with Crippen molar-refractivity contribution in [3.05, 3.63) is 28.9 Å². The lowest BCUT2D eigenvalue weighted by Crippen LogP contribution is -2.36. The van der Waals surface area contributed by atoms with Crippen LogP contribution in [0.1, 0.15) is 9.67 Å². The van der Waals surface area contributed by atoms with Crippen LogP contribution < -0.4 is 5.73 Å². The van der Waals surface area contributed by atoms with E-state index in [1.807, 2.05) is 0 Å². The number of nitrogens with two attached hydrogens (primary N) is 1. The van der Waals surface area contributed by atoms with Crippen molar-refractivity contribution in [3.63, 3.8) is 0 Å². The zero-order valence-corrected chi connectivity index (χ0v) is 12.5. The number of carbonyl (C=O) groups excluding carboxylic acids is 1. The number of ether oxygens (including phenoxy) is 1. The predicted molar refractivity (Wildman–Crippen MR) is 81.1 cm³/mol. The lowest BCUT2D eigenvalue weighted by atomic mass is 10.2. The predicted octanol–water partition coefficient (Wildman–Crippen LogP) is 1.70. The Hall–Kier alpha value is -1.70. The standard InChI is InChI=1S/C14H17FN2O3S/c1-20-7-5-17(4-6-18)14(19)13-12(16)10-8-9(15)2-3-11(10)21-13/h2-3,8,18H,4-7,16H2,1H3. The van der Waals surface area contributed by atoms with Gasteiger partial charge in [-0.2, -0.15) is 0 Å². The monoisotopic (exact) mass is 312 g/mol. The van der Waals surface area contributed by atoms with E-state index >= 15 is 0 Å². The Morgan fingerprint density at radius 2 is 2.24 bits per heavy atom. The van der Waals surface area contributed by atoms with Crippen LogP contribution >= 0.6 is 11.3 Å². The van der Waals surface area contributed by atoms with Gasteiger partial charge in [0.05, 0.1) is 18.9 Å². The average Bonchev–Trinajstić information content (AvgIpc) is 2.80. The van der Waals surface area contributed by atoms with Crippen LogP contribution in [0.25, 0.3) is 10.1 Å². The van der Waals surface area contributed by atoms with E-state index in [2.05, 4.69) is 0 Å². The zero-order chi connectivity index (χ0) is 15.4. The number of methoxy groups -OCH3 is 1. The zero-order valence-electron chi connectivity index (χ0n) is 11.6. The Bertz CT molecular complexity index is 644. The number of nitrogens with zero attached hydrogens (tertiary/aromatic N) is 1. The van der Waals surface area contributed by atoms with E-state index in [1.165, 1.54) is 35.5 Å². The van der Waals surface area contributed by atoms with Crippen LogP contribution in [0.5, 0.6) is 0 Å². The van der Waals surface area contributed by atoms with Crippen molar-refractivity contribution in [1.82, 2.24) is 4.90 Å². The molecule has 3 N–H and O–H groups in total. The molecule has 0 unspecified atom stereocenters. The number of nitrogen functional groups attached to an aromatic ring is 1. The molecule has 0 bridgehead atoms. The molecule has 5 nitrogen and oxygen atoms in total. The second-order valence-corrected chi connectivity index (χ2v) is 5.55. The number of hydrogen-bond acceptors (Lipinski definition) is 5. The summed E-state index contributed by atoms with van der Waals surface area (Å²) in [5.74, 6) is -0.669. The van der Waals surface area contributed by atoms with Crippen LogP contribution in [0.3, 0.4) is 0 Å². The number of aliphatic hydroxyl groups is 1. The van der Waals surface area contributed by atoms with Gasteiger partial charge in [-0.25, -0.2) is 4.39 Å². The lowest BCUT2D eigenvalue weighted by molar-refractivity contribution is 0.0662. The average molecular weight is 312 g/mol. The van der Waals surface area contributed by atoms with Crippen LogP contribution in [0.2, 0.25) is 0 Å². The van der Waals surface area contributed by atoms with E-state index in [-0.39, 0.29) is 24.7 Å². The first-order valence-corrected chi connectivity index (χ1v) is 7.26. The number of benzene rings is 1. The largest absolute Gasteiger partial charge is 0.397 e. The maximum Gasteiger partial charge on any atom is 0.266 e. The minimum atomic E-state index is -0.391. The van der Waals surface area contributed by atoms with Crippen LogP contribution in [-0.4, -0.2) is 49.3 Å². The molecule has 0 aliphatic carbocycles. The SMILES string of the molecule is COCCN(CCO)C(=O)c1sc2ccc(F)cc2c1N. The third kappa shape index (κ3) is 3.31. The Kier molecular flexibility index (Phi) is 5.11. The highest BCUT2D eigenvalue weighted by atomic mass is 32.1.